The maximum Gasteiger partial charge on any atom is 0.226 e. The number of nitrogens with zero attached hydrogens (tertiary/aromatic N) is 1. The van der Waals surface area contributed by atoms with Crippen molar-refractivity contribution in [1.82, 2.24) is 4.90 Å². The summed E-state index contributed by atoms with van der Waals surface area (Å²) in [4.78, 5) is 13.0. The summed E-state index contributed by atoms with van der Waals surface area (Å²) < 4.78 is 0. The van der Waals surface area contributed by atoms with E-state index in [-0.39, 0.29) is 0 Å². The van der Waals surface area contributed by atoms with E-state index in [1.165, 1.54) is 12.1 Å². The lowest BCUT2D eigenvalue weighted by Crippen LogP contribution is -2.26. The van der Waals surface area contributed by atoms with Gasteiger partial charge in [0.25, 0.3) is 0 Å². The van der Waals surface area contributed by atoms with Crippen molar-refractivity contribution < 1.29 is 4.79 Å². The zero-order valence-corrected chi connectivity index (χ0v) is 5.97. The molecule has 1 saturated heterocycles. The predicted octanol–water partition coefficient (Wildman–Crippen LogP) is 1.29. The number of hydrogen-bond donors (Lipinski definition) is 0. The quantitative estimate of drug-likeness (QED) is 0.533. The lowest BCUT2D eigenvalue weighted by molar-refractivity contribution is -0.126. The van der Waals surface area contributed by atoms with Crippen LogP contribution in [0.2, 0.25) is 0 Å². The number of carbonyl (C=O) groups is 1. The topological polar surface area (TPSA) is 20.3 Å². The summed E-state index contributed by atoms with van der Waals surface area (Å²) in [5.74, 6) is 0.325. The van der Waals surface area contributed by atoms with Crippen LogP contribution in [-0.4, -0.2) is 17.4 Å². The minimum atomic E-state index is 0.325. The molecule has 1 amide bonds. The number of allylic oxidation sites excluding steroid dienone is 2. The highest BCUT2D eigenvalue weighted by Gasteiger charge is 2.25. The summed E-state index contributed by atoms with van der Waals surface area (Å²) in [5, 5.41) is 0. The van der Waals surface area contributed by atoms with Crippen LogP contribution in [0.25, 0.3) is 0 Å². The Morgan fingerprint density at radius 3 is 2.60 bits per heavy atom. The second-order valence-corrected chi connectivity index (χ2v) is 2.88. The molecule has 1 aliphatic heterocycles. The van der Waals surface area contributed by atoms with E-state index >= 15 is 0 Å². The van der Waals surface area contributed by atoms with E-state index in [9.17, 15) is 4.79 Å². The van der Waals surface area contributed by atoms with Gasteiger partial charge in [-0.25, -0.2) is 0 Å². The summed E-state index contributed by atoms with van der Waals surface area (Å²) in [6.45, 7) is 0.963. The zero-order valence-electron chi connectivity index (χ0n) is 5.97. The number of hydrogen-bond acceptors (Lipinski definition) is 1. The lowest BCUT2D eigenvalue weighted by Gasteiger charge is -2.24. The SMILES string of the molecule is O=C1CCCN1C1=CCC1. The van der Waals surface area contributed by atoms with Crippen LogP contribution in [0.4, 0.5) is 0 Å². The first-order valence-corrected chi connectivity index (χ1v) is 3.87. The van der Waals surface area contributed by atoms with Crippen LogP contribution in [0.3, 0.4) is 0 Å². The fraction of sp³-hybridized carbons (Fsp3) is 0.625. The molecule has 1 aliphatic carbocycles. The molecule has 0 aromatic rings. The monoisotopic (exact) mass is 137 g/mol. The molecule has 2 aliphatic rings. The van der Waals surface area contributed by atoms with E-state index in [1.807, 2.05) is 4.90 Å². The second kappa shape index (κ2) is 2.11. The first-order chi connectivity index (χ1) is 4.88. The third-order valence-electron chi connectivity index (χ3n) is 2.20. The third kappa shape index (κ3) is 0.753. The van der Waals surface area contributed by atoms with Crippen LogP contribution in [0, 0.1) is 0 Å². The fourth-order valence-corrected chi connectivity index (χ4v) is 1.47. The smallest absolute Gasteiger partial charge is 0.226 e. The van der Waals surface area contributed by atoms with Crippen molar-refractivity contribution in [2.75, 3.05) is 6.54 Å². The molecule has 2 nitrogen and oxygen atoms in total. The second-order valence-electron chi connectivity index (χ2n) is 2.88. The van der Waals surface area contributed by atoms with Gasteiger partial charge in [0.15, 0.2) is 0 Å². The molecule has 2 rings (SSSR count). The lowest BCUT2D eigenvalue weighted by atomic mass is 10.1. The van der Waals surface area contributed by atoms with Gasteiger partial charge in [0, 0.05) is 18.7 Å². The van der Waals surface area contributed by atoms with Gasteiger partial charge in [0.1, 0.15) is 0 Å². The molecule has 0 N–H and O–H groups in total. The highest BCUT2D eigenvalue weighted by molar-refractivity contribution is 5.80. The summed E-state index contributed by atoms with van der Waals surface area (Å²) in [6, 6.07) is 0. The highest BCUT2D eigenvalue weighted by Crippen LogP contribution is 2.26. The van der Waals surface area contributed by atoms with Crippen molar-refractivity contribution in [2.45, 2.75) is 25.7 Å². The number of likely N-dealkylation sites (tertiary alicyclic amines) is 1. The van der Waals surface area contributed by atoms with Crippen LogP contribution in [0.1, 0.15) is 25.7 Å². The van der Waals surface area contributed by atoms with E-state index in [0.717, 1.165) is 25.8 Å². The highest BCUT2D eigenvalue weighted by atomic mass is 16.2. The molecule has 1 heterocycles. The fourth-order valence-electron chi connectivity index (χ4n) is 1.47. The average molecular weight is 137 g/mol. The molecule has 10 heavy (non-hydrogen) atoms. The van der Waals surface area contributed by atoms with Gasteiger partial charge in [-0.15, -0.1) is 0 Å². The molecule has 1 fully saturated rings. The number of rotatable bonds is 1. The molecule has 0 aromatic heterocycles. The van der Waals surface area contributed by atoms with E-state index in [4.69, 9.17) is 0 Å². The zero-order chi connectivity index (χ0) is 6.97. The summed E-state index contributed by atoms with van der Waals surface area (Å²) in [6.07, 6.45) is 6.25. The number of amides is 1. The van der Waals surface area contributed by atoms with Crippen LogP contribution >= 0.6 is 0 Å². The van der Waals surface area contributed by atoms with Crippen LogP contribution in [-0.2, 0) is 4.79 Å². The molecule has 54 valence electrons. The average Bonchev–Trinajstić information content (AvgIpc) is 2.12. The van der Waals surface area contributed by atoms with Gasteiger partial charge in [-0.2, -0.15) is 0 Å². The van der Waals surface area contributed by atoms with Crippen molar-refractivity contribution in [3.8, 4) is 0 Å². The van der Waals surface area contributed by atoms with E-state index in [1.54, 1.807) is 0 Å². The molecule has 2 heteroatoms. The summed E-state index contributed by atoms with van der Waals surface area (Å²) in [5.41, 5.74) is 1.27. The summed E-state index contributed by atoms with van der Waals surface area (Å²) >= 11 is 0. The molecule has 0 bridgehead atoms. The Morgan fingerprint density at radius 2 is 2.20 bits per heavy atom. The van der Waals surface area contributed by atoms with Gasteiger partial charge in [0.2, 0.25) is 5.91 Å². The van der Waals surface area contributed by atoms with E-state index in [2.05, 4.69) is 6.08 Å². The molecule has 0 atom stereocenters. The maximum absolute atomic E-state index is 11.1. The van der Waals surface area contributed by atoms with Gasteiger partial charge >= 0.3 is 0 Å². The number of carbonyl (C=O) groups excluding carboxylic acids is 1. The summed E-state index contributed by atoms with van der Waals surface area (Å²) in [7, 11) is 0. The molecule has 0 unspecified atom stereocenters. The van der Waals surface area contributed by atoms with E-state index in [0.29, 0.717) is 5.91 Å². The first-order valence-electron chi connectivity index (χ1n) is 3.87. The Balaban J connectivity index is 2.10. The Kier molecular flexibility index (Phi) is 1.26. The first kappa shape index (κ1) is 5.96. The van der Waals surface area contributed by atoms with Gasteiger partial charge in [-0.05, 0) is 19.3 Å². The van der Waals surface area contributed by atoms with Crippen LogP contribution in [0.15, 0.2) is 11.8 Å². The van der Waals surface area contributed by atoms with Crippen molar-refractivity contribution in [3.05, 3.63) is 11.8 Å². The van der Waals surface area contributed by atoms with E-state index < -0.39 is 0 Å². The van der Waals surface area contributed by atoms with Crippen molar-refractivity contribution in [3.63, 3.8) is 0 Å². The van der Waals surface area contributed by atoms with Crippen LogP contribution in [0.5, 0.6) is 0 Å². The van der Waals surface area contributed by atoms with Crippen molar-refractivity contribution in [1.29, 1.82) is 0 Å². The molecular formula is C8H11NO. The van der Waals surface area contributed by atoms with Crippen molar-refractivity contribution in [2.24, 2.45) is 0 Å². The van der Waals surface area contributed by atoms with Crippen molar-refractivity contribution >= 4 is 5.91 Å². The van der Waals surface area contributed by atoms with Crippen LogP contribution < -0.4 is 0 Å². The van der Waals surface area contributed by atoms with Gasteiger partial charge in [-0.1, -0.05) is 6.08 Å². The Morgan fingerprint density at radius 1 is 1.40 bits per heavy atom. The third-order valence-corrected chi connectivity index (χ3v) is 2.20. The maximum atomic E-state index is 11.1. The Labute approximate surface area is 60.5 Å². The largest absolute Gasteiger partial charge is 0.317 e. The standard InChI is InChI=1S/C8H11NO/c10-8-5-2-6-9(8)7-3-1-4-7/h3H,1-2,4-6H2. The Bertz CT molecular complexity index is 195. The predicted molar refractivity (Wildman–Crippen MR) is 38.3 cm³/mol. The molecule has 0 spiro atoms. The van der Waals surface area contributed by atoms with Gasteiger partial charge in [-0.3, -0.25) is 4.79 Å². The van der Waals surface area contributed by atoms with Gasteiger partial charge in [0.05, 0.1) is 0 Å². The Hall–Kier alpha value is -0.790. The molecular weight excluding hydrogens is 126 g/mol. The molecule has 0 aromatic carbocycles. The minimum absolute atomic E-state index is 0.325. The molecule has 0 radical (unpaired) electrons. The molecule has 0 saturated carbocycles. The van der Waals surface area contributed by atoms with Gasteiger partial charge < -0.3 is 4.90 Å². The minimum Gasteiger partial charge on any atom is -0.317 e. The normalized spacial score (nSPS) is 24.6.